The van der Waals surface area contributed by atoms with Crippen molar-refractivity contribution in [3.8, 4) is 11.8 Å². The molecule has 158 valence electrons. The van der Waals surface area contributed by atoms with Gasteiger partial charge < -0.3 is 9.47 Å². The maximum Gasteiger partial charge on any atom is 0.514 e. The van der Waals surface area contributed by atoms with E-state index in [0.29, 0.717) is 0 Å². The normalized spacial score (nSPS) is 14.5. The number of aromatic nitrogens is 1. The van der Waals surface area contributed by atoms with Gasteiger partial charge in [-0.3, -0.25) is 10.1 Å². The molecule has 1 aliphatic carbocycles. The van der Waals surface area contributed by atoms with E-state index in [2.05, 4.69) is 10.3 Å². The summed E-state index contributed by atoms with van der Waals surface area (Å²) in [5.41, 5.74) is 0.0349. The first kappa shape index (κ1) is 21.7. The highest BCUT2D eigenvalue weighted by Gasteiger charge is 2.24. The average molecular weight is 450 g/mol. The molecule has 0 saturated heterocycles. The van der Waals surface area contributed by atoms with E-state index in [4.69, 9.17) is 14.7 Å². The van der Waals surface area contributed by atoms with Gasteiger partial charge in [0.25, 0.3) is 5.91 Å². The van der Waals surface area contributed by atoms with Crippen molar-refractivity contribution in [2.75, 3.05) is 11.6 Å². The number of rotatable bonds is 5. The van der Waals surface area contributed by atoms with Gasteiger partial charge >= 0.3 is 6.16 Å². The predicted octanol–water partition coefficient (Wildman–Crippen LogP) is 3.52. The molecule has 1 aromatic heterocycles. The molecule has 2 aromatic rings. The third kappa shape index (κ3) is 5.34. The van der Waals surface area contributed by atoms with Gasteiger partial charge in [-0.15, -0.1) is 0 Å². The quantitative estimate of drug-likeness (QED) is 0.541. The Balaban J connectivity index is 1.74. The SMILES string of the molecule is CS(=O)(=O)c1nc(NC(=O)c2ccccc2OC(=O)OC2CCCCC2)sc1C#N. The fraction of sp³-hybridized carbons (Fsp3) is 0.368. The number of nitrogens with zero attached hydrogens (tertiary/aromatic N) is 2. The summed E-state index contributed by atoms with van der Waals surface area (Å²) >= 11 is 0.737. The van der Waals surface area contributed by atoms with Crippen LogP contribution < -0.4 is 10.1 Å². The van der Waals surface area contributed by atoms with Crippen LogP contribution in [0.15, 0.2) is 29.3 Å². The van der Waals surface area contributed by atoms with E-state index in [1.54, 1.807) is 18.2 Å². The van der Waals surface area contributed by atoms with Crippen LogP contribution in [0.1, 0.15) is 47.3 Å². The molecule has 0 spiro atoms. The number of thiazole rings is 1. The summed E-state index contributed by atoms with van der Waals surface area (Å²) in [7, 11) is -3.72. The van der Waals surface area contributed by atoms with E-state index in [1.807, 2.05) is 0 Å². The van der Waals surface area contributed by atoms with E-state index in [9.17, 15) is 18.0 Å². The average Bonchev–Trinajstić information content (AvgIpc) is 3.12. The summed E-state index contributed by atoms with van der Waals surface area (Å²) in [6.45, 7) is 0. The van der Waals surface area contributed by atoms with Crippen LogP contribution in [-0.2, 0) is 14.6 Å². The Morgan fingerprint density at radius 2 is 1.93 bits per heavy atom. The number of benzene rings is 1. The number of nitriles is 1. The number of sulfone groups is 1. The summed E-state index contributed by atoms with van der Waals surface area (Å²) in [4.78, 5) is 28.5. The minimum absolute atomic E-state index is 0.00351. The first-order valence-corrected chi connectivity index (χ1v) is 11.9. The van der Waals surface area contributed by atoms with Gasteiger partial charge in [0.15, 0.2) is 20.0 Å². The van der Waals surface area contributed by atoms with Crippen molar-refractivity contribution < 1.29 is 27.5 Å². The highest BCUT2D eigenvalue weighted by atomic mass is 32.2. The summed E-state index contributed by atoms with van der Waals surface area (Å²) in [6, 6.07) is 7.81. The summed E-state index contributed by atoms with van der Waals surface area (Å²) < 4.78 is 34.0. The predicted molar refractivity (Wildman–Crippen MR) is 108 cm³/mol. The number of amides is 1. The number of ether oxygens (including phenoxy) is 2. The van der Waals surface area contributed by atoms with Crippen molar-refractivity contribution in [1.82, 2.24) is 4.98 Å². The van der Waals surface area contributed by atoms with E-state index in [-0.39, 0.29) is 27.4 Å². The van der Waals surface area contributed by atoms with Gasteiger partial charge in [0.1, 0.15) is 22.8 Å². The van der Waals surface area contributed by atoms with Crippen molar-refractivity contribution >= 4 is 38.4 Å². The van der Waals surface area contributed by atoms with Crippen molar-refractivity contribution in [3.05, 3.63) is 34.7 Å². The van der Waals surface area contributed by atoms with Gasteiger partial charge in [-0.05, 0) is 37.8 Å². The Morgan fingerprint density at radius 1 is 1.23 bits per heavy atom. The molecule has 1 aromatic carbocycles. The van der Waals surface area contributed by atoms with Crippen LogP contribution in [0, 0.1) is 11.3 Å². The molecule has 3 rings (SSSR count). The van der Waals surface area contributed by atoms with Crippen molar-refractivity contribution in [1.29, 1.82) is 5.26 Å². The van der Waals surface area contributed by atoms with Gasteiger partial charge in [-0.2, -0.15) is 5.26 Å². The molecule has 1 saturated carbocycles. The molecular formula is C19H19N3O6S2. The topological polar surface area (TPSA) is 135 Å². The minimum atomic E-state index is -3.72. The zero-order chi connectivity index (χ0) is 21.7. The molecule has 0 atom stereocenters. The number of carbonyl (C=O) groups is 2. The maximum atomic E-state index is 12.7. The fourth-order valence-electron chi connectivity index (χ4n) is 3.02. The Labute approximate surface area is 177 Å². The lowest BCUT2D eigenvalue weighted by Gasteiger charge is -2.21. The van der Waals surface area contributed by atoms with Gasteiger partial charge in [0.2, 0.25) is 0 Å². The second-order valence-corrected chi connectivity index (χ2v) is 9.65. The van der Waals surface area contributed by atoms with E-state index in [0.717, 1.165) is 49.7 Å². The van der Waals surface area contributed by atoms with Crippen LogP contribution in [0.2, 0.25) is 0 Å². The van der Waals surface area contributed by atoms with Crippen LogP contribution in [0.3, 0.4) is 0 Å². The zero-order valence-electron chi connectivity index (χ0n) is 16.1. The second-order valence-electron chi connectivity index (χ2n) is 6.72. The van der Waals surface area contributed by atoms with Crippen molar-refractivity contribution in [3.63, 3.8) is 0 Å². The standard InChI is InChI=1S/C19H19N3O6S2/c1-30(25,26)17-15(11-20)29-18(22-17)21-16(23)13-9-5-6-10-14(13)28-19(24)27-12-7-3-2-4-8-12/h5-6,9-10,12H,2-4,7-8H2,1H3,(H,21,22,23). The van der Waals surface area contributed by atoms with Crippen LogP contribution in [-0.4, -0.2) is 37.8 Å². The molecule has 30 heavy (non-hydrogen) atoms. The number of hydrogen-bond acceptors (Lipinski definition) is 9. The lowest BCUT2D eigenvalue weighted by molar-refractivity contribution is 0.0415. The Kier molecular flexibility index (Phi) is 6.69. The molecule has 0 bridgehead atoms. The monoisotopic (exact) mass is 449 g/mol. The van der Waals surface area contributed by atoms with Crippen molar-refractivity contribution in [2.24, 2.45) is 0 Å². The second kappa shape index (κ2) is 9.23. The van der Waals surface area contributed by atoms with E-state index in [1.165, 1.54) is 12.1 Å². The first-order chi connectivity index (χ1) is 14.3. The Bertz CT molecular complexity index is 1100. The maximum absolute atomic E-state index is 12.7. The van der Waals surface area contributed by atoms with Crippen LogP contribution in [0.25, 0.3) is 0 Å². The largest absolute Gasteiger partial charge is 0.514 e. The molecule has 0 unspecified atom stereocenters. The molecule has 1 aliphatic rings. The van der Waals surface area contributed by atoms with Crippen LogP contribution in [0.5, 0.6) is 5.75 Å². The number of hydrogen-bond donors (Lipinski definition) is 1. The van der Waals surface area contributed by atoms with Crippen LogP contribution >= 0.6 is 11.3 Å². The van der Waals surface area contributed by atoms with Gasteiger partial charge in [-0.25, -0.2) is 18.2 Å². The third-order valence-corrected chi connectivity index (χ3v) is 6.41. The molecule has 0 radical (unpaired) electrons. The molecule has 9 nitrogen and oxygen atoms in total. The number of carbonyl (C=O) groups excluding carboxylic acids is 2. The molecule has 0 aliphatic heterocycles. The number of anilines is 1. The molecular weight excluding hydrogens is 430 g/mol. The summed E-state index contributed by atoms with van der Waals surface area (Å²) in [5.74, 6) is -0.675. The van der Waals surface area contributed by atoms with E-state index < -0.39 is 26.9 Å². The molecule has 1 N–H and O–H groups in total. The van der Waals surface area contributed by atoms with Crippen LogP contribution in [0.4, 0.5) is 9.93 Å². The lowest BCUT2D eigenvalue weighted by atomic mass is 9.98. The summed E-state index contributed by atoms with van der Waals surface area (Å²) in [6.07, 6.45) is 4.51. The molecule has 11 heteroatoms. The Hall–Kier alpha value is -2.97. The van der Waals surface area contributed by atoms with Gasteiger partial charge in [0.05, 0.1) is 5.56 Å². The van der Waals surface area contributed by atoms with E-state index >= 15 is 0 Å². The van der Waals surface area contributed by atoms with Gasteiger partial charge in [-0.1, -0.05) is 29.9 Å². The lowest BCUT2D eigenvalue weighted by Crippen LogP contribution is -2.24. The summed E-state index contributed by atoms with van der Waals surface area (Å²) in [5, 5.41) is 11.1. The first-order valence-electron chi connectivity index (χ1n) is 9.17. The zero-order valence-corrected chi connectivity index (χ0v) is 17.7. The smallest absolute Gasteiger partial charge is 0.431 e. The highest BCUT2D eigenvalue weighted by molar-refractivity contribution is 7.90. The molecule has 1 heterocycles. The number of para-hydroxylation sites is 1. The fourth-order valence-corrected chi connectivity index (χ4v) is 4.95. The van der Waals surface area contributed by atoms with Gasteiger partial charge in [0, 0.05) is 6.26 Å². The number of nitrogens with one attached hydrogen (secondary N) is 1. The Morgan fingerprint density at radius 3 is 2.57 bits per heavy atom. The van der Waals surface area contributed by atoms with Crippen molar-refractivity contribution in [2.45, 2.75) is 43.2 Å². The minimum Gasteiger partial charge on any atom is -0.431 e. The molecule has 1 amide bonds. The molecule has 1 fully saturated rings. The third-order valence-electron chi connectivity index (χ3n) is 4.41. The highest BCUT2D eigenvalue weighted by Crippen LogP contribution is 2.28.